The monoisotopic (exact) mass is 394 g/mol. The Morgan fingerprint density at radius 2 is 2.07 bits per heavy atom. The van der Waals surface area contributed by atoms with Crippen molar-refractivity contribution >= 4 is 5.91 Å². The van der Waals surface area contributed by atoms with Gasteiger partial charge in [0, 0.05) is 18.5 Å². The molecule has 0 unspecified atom stereocenters. The Hall–Kier alpha value is -3.24. The third kappa shape index (κ3) is 2.92. The molecule has 0 aliphatic carbocycles. The van der Waals surface area contributed by atoms with E-state index in [0.29, 0.717) is 24.0 Å². The first kappa shape index (κ1) is 18.1. The van der Waals surface area contributed by atoms with E-state index in [9.17, 15) is 22.4 Å². The number of nitrogens with one attached hydrogen (secondary N) is 1. The molecule has 28 heavy (non-hydrogen) atoms. The summed E-state index contributed by atoms with van der Waals surface area (Å²) in [6.45, 7) is 1.75. The molecular weight excluding hydrogens is 380 g/mol. The molecule has 0 radical (unpaired) electrons. The Bertz CT molecular complexity index is 1030. The number of carbonyl (C=O) groups is 1. The highest BCUT2D eigenvalue weighted by Gasteiger charge is 2.38. The standard InChI is InChI=1S/C17H14F4N6O/c1-9-7-13-12(23-25-27(13)14-5-6-22-24-14)8-26(9)16(28)10-3-2-4-11(15(10)18)17(19,20)21/h2-6,9H,7-8H2,1H3,(H,22,24)/t9-/m0/s1. The maximum absolute atomic E-state index is 14.4. The molecule has 146 valence electrons. The number of rotatable bonds is 2. The molecule has 0 saturated carbocycles. The quantitative estimate of drug-likeness (QED) is 0.678. The van der Waals surface area contributed by atoms with Gasteiger partial charge >= 0.3 is 6.18 Å². The summed E-state index contributed by atoms with van der Waals surface area (Å²) in [6.07, 6.45) is -2.97. The highest BCUT2D eigenvalue weighted by atomic mass is 19.4. The number of amides is 1. The lowest BCUT2D eigenvalue weighted by Crippen LogP contribution is -2.43. The lowest BCUT2D eigenvalue weighted by Gasteiger charge is -2.33. The molecule has 2 aromatic heterocycles. The summed E-state index contributed by atoms with van der Waals surface area (Å²) in [4.78, 5) is 14.1. The van der Waals surface area contributed by atoms with Crippen molar-refractivity contribution in [2.75, 3.05) is 0 Å². The molecule has 11 heteroatoms. The van der Waals surface area contributed by atoms with Crippen molar-refractivity contribution in [1.82, 2.24) is 30.1 Å². The van der Waals surface area contributed by atoms with Gasteiger partial charge in [-0.25, -0.2) is 4.39 Å². The summed E-state index contributed by atoms with van der Waals surface area (Å²) in [6, 6.07) is 3.99. The Balaban J connectivity index is 1.66. The van der Waals surface area contributed by atoms with Crippen molar-refractivity contribution in [3.63, 3.8) is 0 Å². The number of H-pyrrole nitrogens is 1. The number of aromatic amines is 1. The van der Waals surface area contributed by atoms with Crippen molar-refractivity contribution in [2.45, 2.75) is 32.1 Å². The minimum Gasteiger partial charge on any atom is -0.329 e. The van der Waals surface area contributed by atoms with Crippen LogP contribution in [0.4, 0.5) is 17.6 Å². The van der Waals surface area contributed by atoms with Crippen molar-refractivity contribution in [3.05, 3.63) is 58.8 Å². The second-order valence-corrected chi connectivity index (χ2v) is 6.49. The number of alkyl halides is 3. The van der Waals surface area contributed by atoms with E-state index < -0.39 is 35.1 Å². The predicted molar refractivity (Wildman–Crippen MR) is 87.9 cm³/mol. The predicted octanol–water partition coefficient (Wildman–Crippen LogP) is 2.74. The van der Waals surface area contributed by atoms with Gasteiger partial charge in [0.15, 0.2) is 5.82 Å². The lowest BCUT2D eigenvalue weighted by atomic mass is 10.0. The van der Waals surface area contributed by atoms with E-state index >= 15 is 0 Å². The third-order valence-corrected chi connectivity index (χ3v) is 4.69. The molecular formula is C17H14F4N6O. The van der Waals surface area contributed by atoms with Crippen LogP contribution in [0.2, 0.25) is 0 Å². The molecule has 0 saturated heterocycles. The average molecular weight is 394 g/mol. The number of halogens is 4. The van der Waals surface area contributed by atoms with Crippen LogP contribution in [0.5, 0.6) is 0 Å². The van der Waals surface area contributed by atoms with E-state index in [1.807, 2.05) is 0 Å². The minimum absolute atomic E-state index is 0.0131. The van der Waals surface area contributed by atoms with Crippen molar-refractivity contribution in [3.8, 4) is 5.82 Å². The zero-order chi connectivity index (χ0) is 20.1. The maximum atomic E-state index is 14.4. The van der Waals surface area contributed by atoms with Gasteiger partial charge in [-0.05, 0) is 19.1 Å². The number of carbonyl (C=O) groups excluding carboxylic acids is 1. The van der Waals surface area contributed by atoms with Gasteiger partial charge in [-0.1, -0.05) is 11.3 Å². The van der Waals surface area contributed by atoms with Gasteiger partial charge in [0.05, 0.1) is 29.6 Å². The summed E-state index contributed by atoms with van der Waals surface area (Å²) in [7, 11) is 0. The van der Waals surface area contributed by atoms with Crippen LogP contribution in [0, 0.1) is 5.82 Å². The van der Waals surface area contributed by atoms with Crippen LogP contribution >= 0.6 is 0 Å². The first-order valence-electron chi connectivity index (χ1n) is 8.37. The first-order chi connectivity index (χ1) is 13.3. The second kappa shape index (κ2) is 6.43. The largest absolute Gasteiger partial charge is 0.419 e. The molecule has 1 atom stereocenters. The minimum atomic E-state index is -4.88. The average Bonchev–Trinajstić information content (AvgIpc) is 3.28. The summed E-state index contributed by atoms with van der Waals surface area (Å²) in [5.41, 5.74) is -0.835. The van der Waals surface area contributed by atoms with E-state index in [2.05, 4.69) is 20.5 Å². The Kier molecular flexibility index (Phi) is 4.16. The van der Waals surface area contributed by atoms with E-state index in [1.165, 1.54) is 4.90 Å². The van der Waals surface area contributed by atoms with Crippen LogP contribution < -0.4 is 0 Å². The van der Waals surface area contributed by atoms with E-state index in [0.717, 1.165) is 17.8 Å². The van der Waals surface area contributed by atoms with E-state index in [1.54, 1.807) is 23.9 Å². The molecule has 4 rings (SSSR count). The SMILES string of the molecule is C[C@H]1Cc2c(nnn2-c2ccn[nH]2)CN1C(=O)c1cccc(C(F)(F)F)c1F. The van der Waals surface area contributed by atoms with Crippen LogP contribution in [0.1, 0.15) is 34.2 Å². The zero-order valence-electron chi connectivity index (χ0n) is 14.5. The lowest BCUT2D eigenvalue weighted by molar-refractivity contribution is -0.140. The highest BCUT2D eigenvalue weighted by molar-refractivity contribution is 5.95. The van der Waals surface area contributed by atoms with Gasteiger partial charge in [0.1, 0.15) is 11.5 Å². The molecule has 3 heterocycles. The summed E-state index contributed by atoms with van der Waals surface area (Å²) in [5.74, 6) is -1.79. The molecule has 0 fully saturated rings. The van der Waals surface area contributed by atoms with Gasteiger partial charge in [-0.3, -0.25) is 9.89 Å². The third-order valence-electron chi connectivity index (χ3n) is 4.69. The van der Waals surface area contributed by atoms with E-state index in [-0.39, 0.29) is 6.54 Å². The molecule has 0 spiro atoms. The van der Waals surface area contributed by atoms with Crippen molar-refractivity contribution in [2.24, 2.45) is 0 Å². The molecule has 1 aliphatic heterocycles. The van der Waals surface area contributed by atoms with Crippen LogP contribution in [0.25, 0.3) is 5.82 Å². The molecule has 1 aromatic carbocycles. The number of hydrogen-bond acceptors (Lipinski definition) is 4. The molecule has 3 aromatic rings. The normalized spacial score (nSPS) is 16.9. The highest BCUT2D eigenvalue weighted by Crippen LogP contribution is 2.33. The van der Waals surface area contributed by atoms with Crippen LogP contribution in [-0.2, 0) is 19.1 Å². The Morgan fingerprint density at radius 3 is 2.75 bits per heavy atom. The Labute approximate surface area is 156 Å². The summed E-state index contributed by atoms with van der Waals surface area (Å²) < 4.78 is 54.8. The summed E-state index contributed by atoms with van der Waals surface area (Å²) >= 11 is 0. The molecule has 7 nitrogen and oxygen atoms in total. The fraction of sp³-hybridized carbons (Fsp3) is 0.294. The van der Waals surface area contributed by atoms with Gasteiger partial charge in [0.25, 0.3) is 5.91 Å². The van der Waals surface area contributed by atoms with Gasteiger partial charge in [0.2, 0.25) is 0 Å². The number of aromatic nitrogens is 5. The molecule has 1 aliphatic rings. The van der Waals surface area contributed by atoms with E-state index in [4.69, 9.17) is 0 Å². The Morgan fingerprint density at radius 1 is 1.29 bits per heavy atom. The van der Waals surface area contributed by atoms with Crippen LogP contribution in [0.3, 0.4) is 0 Å². The number of fused-ring (bicyclic) bond motifs is 1. The number of nitrogens with zero attached hydrogens (tertiary/aromatic N) is 5. The van der Waals surface area contributed by atoms with Crippen LogP contribution in [-0.4, -0.2) is 42.0 Å². The fourth-order valence-electron chi connectivity index (χ4n) is 3.27. The topological polar surface area (TPSA) is 79.7 Å². The number of hydrogen-bond donors (Lipinski definition) is 1. The second-order valence-electron chi connectivity index (χ2n) is 6.49. The van der Waals surface area contributed by atoms with Gasteiger partial charge in [-0.15, -0.1) is 5.10 Å². The van der Waals surface area contributed by atoms with Crippen LogP contribution in [0.15, 0.2) is 30.5 Å². The smallest absolute Gasteiger partial charge is 0.329 e. The summed E-state index contributed by atoms with van der Waals surface area (Å²) in [5, 5.41) is 14.7. The maximum Gasteiger partial charge on any atom is 0.419 e. The molecule has 0 bridgehead atoms. The van der Waals surface area contributed by atoms with Gasteiger partial charge in [-0.2, -0.15) is 23.0 Å². The zero-order valence-corrected chi connectivity index (χ0v) is 14.5. The fourth-order valence-corrected chi connectivity index (χ4v) is 3.27. The van der Waals surface area contributed by atoms with Crippen molar-refractivity contribution < 1.29 is 22.4 Å². The van der Waals surface area contributed by atoms with Gasteiger partial charge < -0.3 is 4.90 Å². The first-order valence-corrected chi connectivity index (χ1v) is 8.37. The van der Waals surface area contributed by atoms with Crippen molar-refractivity contribution in [1.29, 1.82) is 0 Å². The number of benzene rings is 1. The molecule has 1 amide bonds. The molecule has 1 N–H and O–H groups in total.